The first-order valence-electron chi connectivity index (χ1n) is 9.05. The minimum Gasteiger partial charge on any atom is -0.491 e. The summed E-state index contributed by atoms with van der Waals surface area (Å²) in [4.78, 5) is 14.7. The maximum Gasteiger partial charge on any atom is 0.338 e. The summed E-state index contributed by atoms with van der Waals surface area (Å²) in [6, 6.07) is 5.32. The monoisotopic (exact) mass is 334 g/mol. The molecule has 1 heterocycles. The van der Waals surface area contributed by atoms with Crippen LogP contribution in [0.25, 0.3) is 0 Å². The van der Waals surface area contributed by atoms with Crippen LogP contribution in [-0.4, -0.2) is 43.2 Å². The molecule has 0 unspecified atom stereocenters. The molecule has 5 heteroatoms. The van der Waals surface area contributed by atoms with Gasteiger partial charge >= 0.3 is 5.97 Å². The van der Waals surface area contributed by atoms with Crippen LogP contribution in [0, 0.1) is 0 Å². The van der Waals surface area contributed by atoms with Crippen LogP contribution in [0.15, 0.2) is 18.2 Å². The number of anilines is 1. The van der Waals surface area contributed by atoms with Crippen molar-refractivity contribution < 1.29 is 14.3 Å². The third-order valence-electron chi connectivity index (χ3n) is 4.47. The van der Waals surface area contributed by atoms with Crippen molar-refractivity contribution in [3.8, 4) is 5.75 Å². The van der Waals surface area contributed by atoms with Gasteiger partial charge in [-0.2, -0.15) is 0 Å². The SMILES string of the molecule is CCCCOc1cc(C(=O)OC[C@H](C)N2CCCCC2)ccc1N. The van der Waals surface area contributed by atoms with Crippen LogP contribution >= 0.6 is 0 Å². The number of carbonyl (C=O) groups is 1. The molecular weight excluding hydrogens is 304 g/mol. The lowest BCUT2D eigenvalue weighted by atomic mass is 10.1. The Balaban J connectivity index is 1.88. The third kappa shape index (κ3) is 5.41. The van der Waals surface area contributed by atoms with Crippen LogP contribution in [-0.2, 0) is 4.74 Å². The zero-order chi connectivity index (χ0) is 17.4. The van der Waals surface area contributed by atoms with Gasteiger partial charge in [-0.1, -0.05) is 19.8 Å². The molecule has 5 nitrogen and oxygen atoms in total. The Kier molecular flexibility index (Phi) is 7.37. The molecule has 1 atom stereocenters. The van der Waals surface area contributed by atoms with E-state index in [1.807, 2.05) is 0 Å². The minimum absolute atomic E-state index is 0.253. The molecule has 2 rings (SSSR count). The van der Waals surface area contributed by atoms with Gasteiger partial charge in [-0.3, -0.25) is 4.90 Å². The number of unbranched alkanes of at least 4 members (excludes halogenated alkanes) is 1. The van der Waals surface area contributed by atoms with Gasteiger partial charge in [0.15, 0.2) is 0 Å². The number of hydrogen-bond donors (Lipinski definition) is 1. The van der Waals surface area contributed by atoms with Crippen molar-refractivity contribution in [1.29, 1.82) is 0 Å². The molecule has 1 saturated heterocycles. The van der Waals surface area contributed by atoms with E-state index in [9.17, 15) is 4.79 Å². The summed E-state index contributed by atoms with van der Waals surface area (Å²) in [6.07, 6.45) is 5.77. The highest BCUT2D eigenvalue weighted by molar-refractivity contribution is 5.90. The van der Waals surface area contributed by atoms with Crippen LogP contribution in [0.3, 0.4) is 0 Å². The Morgan fingerprint density at radius 1 is 1.29 bits per heavy atom. The number of esters is 1. The van der Waals surface area contributed by atoms with E-state index < -0.39 is 0 Å². The molecule has 0 aliphatic carbocycles. The second-order valence-corrected chi connectivity index (χ2v) is 6.50. The predicted octanol–water partition coefficient (Wildman–Crippen LogP) is 3.48. The number of rotatable bonds is 8. The Morgan fingerprint density at radius 3 is 2.75 bits per heavy atom. The molecule has 24 heavy (non-hydrogen) atoms. The lowest BCUT2D eigenvalue weighted by molar-refractivity contribution is 0.0347. The highest BCUT2D eigenvalue weighted by Gasteiger charge is 2.19. The van der Waals surface area contributed by atoms with Crippen molar-refractivity contribution in [2.45, 2.75) is 52.0 Å². The summed E-state index contributed by atoms with van der Waals surface area (Å²) in [7, 11) is 0. The summed E-state index contributed by atoms with van der Waals surface area (Å²) in [5, 5.41) is 0. The molecule has 0 saturated carbocycles. The van der Waals surface area contributed by atoms with Gasteiger partial charge in [0.1, 0.15) is 12.4 Å². The number of benzene rings is 1. The van der Waals surface area contributed by atoms with Crippen LogP contribution in [0.1, 0.15) is 56.3 Å². The summed E-state index contributed by atoms with van der Waals surface area (Å²) < 4.78 is 11.1. The fourth-order valence-corrected chi connectivity index (χ4v) is 2.86. The molecular formula is C19H30N2O3. The molecule has 1 aliphatic rings. The molecule has 1 aliphatic heterocycles. The molecule has 2 N–H and O–H groups in total. The molecule has 1 fully saturated rings. The van der Waals surface area contributed by atoms with E-state index in [1.54, 1.807) is 18.2 Å². The first-order valence-corrected chi connectivity index (χ1v) is 9.05. The van der Waals surface area contributed by atoms with E-state index in [4.69, 9.17) is 15.2 Å². The maximum atomic E-state index is 12.3. The van der Waals surface area contributed by atoms with Crippen molar-refractivity contribution >= 4 is 11.7 Å². The van der Waals surface area contributed by atoms with E-state index in [0.29, 0.717) is 30.2 Å². The zero-order valence-electron chi connectivity index (χ0n) is 14.9. The number of likely N-dealkylation sites (tertiary alicyclic amines) is 1. The summed E-state index contributed by atoms with van der Waals surface area (Å²) in [6.45, 7) is 7.41. The van der Waals surface area contributed by atoms with E-state index in [0.717, 1.165) is 25.9 Å². The number of carbonyl (C=O) groups excluding carboxylic acids is 1. The third-order valence-corrected chi connectivity index (χ3v) is 4.47. The fraction of sp³-hybridized carbons (Fsp3) is 0.632. The topological polar surface area (TPSA) is 64.8 Å². The minimum atomic E-state index is -0.320. The van der Waals surface area contributed by atoms with Gasteiger partial charge in [0, 0.05) is 6.04 Å². The molecule has 0 radical (unpaired) electrons. The lowest BCUT2D eigenvalue weighted by Gasteiger charge is -2.31. The number of nitrogens with two attached hydrogens (primary N) is 1. The highest BCUT2D eigenvalue weighted by atomic mass is 16.5. The largest absolute Gasteiger partial charge is 0.491 e. The normalized spacial score (nSPS) is 16.6. The molecule has 134 valence electrons. The Hall–Kier alpha value is -1.75. The molecule has 0 spiro atoms. The average molecular weight is 334 g/mol. The molecule has 1 aromatic carbocycles. The van der Waals surface area contributed by atoms with Gasteiger partial charge in [-0.05, 0) is 57.5 Å². The van der Waals surface area contributed by atoms with E-state index in [2.05, 4.69) is 18.7 Å². The average Bonchev–Trinajstić information content (AvgIpc) is 2.62. The Morgan fingerprint density at radius 2 is 2.04 bits per heavy atom. The number of ether oxygens (including phenoxy) is 2. The fourth-order valence-electron chi connectivity index (χ4n) is 2.86. The summed E-state index contributed by atoms with van der Waals surface area (Å²) in [5.74, 6) is 0.237. The Labute approximate surface area is 145 Å². The highest BCUT2D eigenvalue weighted by Crippen LogP contribution is 2.23. The molecule has 0 aromatic heterocycles. The van der Waals surface area contributed by atoms with Crippen LogP contribution in [0.2, 0.25) is 0 Å². The molecule has 0 amide bonds. The van der Waals surface area contributed by atoms with E-state index in [1.165, 1.54) is 19.3 Å². The van der Waals surface area contributed by atoms with Gasteiger partial charge in [-0.15, -0.1) is 0 Å². The van der Waals surface area contributed by atoms with Crippen molar-refractivity contribution in [1.82, 2.24) is 4.90 Å². The lowest BCUT2D eigenvalue weighted by Crippen LogP contribution is -2.40. The maximum absolute atomic E-state index is 12.3. The van der Waals surface area contributed by atoms with Gasteiger partial charge in [0.2, 0.25) is 0 Å². The van der Waals surface area contributed by atoms with Gasteiger partial charge < -0.3 is 15.2 Å². The van der Waals surface area contributed by atoms with Crippen LogP contribution in [0.4, 0.5) is 5.69 Å². The first-order chi connectivity index (χ1) is 11.6. The zero-order valence-corrected chi connectivity index (χ0v) is 14.9. The Bertz CT molecular complexity index is 527. The smallest absolute Gasteiger partial charge is 0.338 e. The van der Waals surface area contributed by atoms with E-state index >= 15 is 0 Å². The van der Waals surface area contributed by atoms with Crippen molar-refractivity contribution in [2.24, 2.45) is 0 Å². The molecule has 0 bridgehead atoms. The number of piperidine rings is 1. The second kappa shape index (κ2) is 9.52. The van der Waals surface area contributed by atoms with Crippen LogP contribution < -0.4 is 10.5 Å². The van der Waals surface area contributed by atoms with Crippen molar-refractivity contribution in [2.75, 3.05) is 32.0 Å². The summed E-state index contributed by atoms with van der Waals surface area (Å²) in [5.41, 5.74) is 6.94. The van der Waals surface area contributed by atoms with Gasteiger partial charge in [-0.25, -0.2) is 4.79 Å². The van der Waals surface area contributed by atoms with Crippen LogP contribution in [0.5, 0.6) is 5.75 Å². The van der Waals surface area contributed by atoms with Crippen molar-refractivity contribution in [3.63, 3.8) is 0 Å². The quantitative estimate of drug-likeness (QED) is 0.448. The number of hydrogen-bond acceptors (Lipinski definition) is 5. The predicted molar refractivity (Wildman–Crippen MR) is 96.4 cm³/mol. The van der Waals surface area contributed by atoms with Gasteiger partial charge in [0.25, 0.3) is 0 Å². The number of nitrogens with zero attached hydrogens (tertiary/aromatic N) is 1. The summed E-state index contributed by atoms with van der Waals surface area (Å²) >= 11 is 0. The first kappa shape index (κ1) is 18.6. The van der Waals surface area contributed by atoms with Crippen molar-refractivity contribution in [3.05, 3.63) is 23.8 Å². The standard InChI is InChI=1S/C19H30N2O3/c1-3-4-12-23-18-13-16(8-9-17(18)20)19(22)24-14-15(2)21-10-6-5-7-11-21/h8-9,13,15H,3-7,10-12,14,20H2,1-2H3/t15-/m0/s1. The number of nitrogen functional groups attached to an aromatic ring is 1. The van der Waals surface area contributed by atoms with Gasteiger partial charge in [0.05, 0.1) is 17.9 Å². The molecule has 1 aromatic rings. The second-order valence-electron chi connectivity index (χ2n) is 6.50. The van der Waals surface area contributed by atoms with E-state index in [-0.39, 0.29) is 12.0 Å².